The van der Waals surface area contributed by atoms with Crippen molar-refractivity contribution in [2.24, 2.45) is 11.3 Å². The number of hydrogen-bond acceptors (Lipinski definition) is 5. The molecule has 0 spiro atoms. The van der Waals surface area contributed by atoms with Gasteiger partial charge in [0.15, 0.2) is 5.82 Å². The first-order valence-corrected chi connectivity index (χ1v) is 14.4. The number of benzene rings is 1. The highest BCUT2D eigenvalue weighted by atomic mass is 16.5. The SMILES string of the molecule is Cc1noc(C23CCC(CN(C(=O)CC4CCCCC4)c4cccc(/C=C/C(=O)N(C)C)c4)(CC2)CC3)n1. The summed E-state index contributed by atoms with van der Waals surface area (Å²) in [5.74, 6) is 2.19. The lowest BCUT2D eigenvalue weighted by Crippen LogP contribution is -2.51. The minimum Gasteiger partial charge on any atom is -0.345 e. The molecule has 2 aromatic rings. The highest BCUT2D eigenvalue weighted by Gasteiger charge is 2.52. The molecular weight excluding hydrogens is 476 g/mol. The molecule has 4 aliphatic carbocycles. The molecule has 2 amide bonds. The Morgan fingerprint density at radius 2 is 1.76 bits per heavy atom. The van der Waals surface area contributed by atoms with Crippen molar-refractivity contribution < 1.29 is 14.1 Å². The van der Waals surface area contributed by atoms with Crippen LogP contribution < -0.4 is 4.90 Å². The largest absolute Gasteiger partial charge is 0.345 e. The Labute approximate surface area is 226 Å². The summed E-state index contributed by atoms with van der Waals surface area (Å²) in [6.45, 7) is 2.64. The molecule has 38 heavy (non-hydrogen) atoms. The third-order valence-electron chi connectivity index (χ3n) is 9.41. The van der Waals surface area contributed by atoms with Crippen molar-refractivity contribution in [1.82, 2.24) is 15.0 Å². The molecule has 0 radical (unpaired) electrons. The first-order valence-electron chi connectivity index (χ1n) is 14.4. The number of aromatic nitrogens is 2. The summed E-state index contributed by atoms with van der Waals surface area (Å²) >= 11 is 0. The maximum Gasteiger partial charge on any atom is 0.246 e. The smallest absolute Gasteiger partial charge is 0.246 e. The van der Waals surface area contributed by atoms with Gasteiger partial charge in [-0.25, -0.2) is 0 Å². The third kappa shape index (κ3) is 5.71. The maximum absolute atomic E-state index is 13.9. The van der Waals surface area contributed by atoms with E-state index in [9.17, 15) is 9.59 Å². The van der Waals surface area contributed by atoms with Crippen molar-refractivity contribution in [3.8, 4) is 0 Å². The van der Waals surface area contributed by atoms with E-state index >= 15 is 0 Å². The van der Waals surface area contributed by atoms with Crippen LogP contribution in [0.15, 0.2) is 34.9 Å². The van der Waals surface area contributed by atoms with Crippen LogP contribution in [-0.4, -0.2) is 47.5 Å². The molecular formula is C31H42N4O3. The van der Waals surface area contributed by atoms with Crippen LogP contribution in [0.4, 0.5) is 5.69 Å². The molecule has 0 atom stereocenters. The minimum absolute atomic E-state index is 0.00360. The van der Waals surface area contributed by atoms with Gasteiger partial charge in [0.2, 0.25) is 17.7 Å². The Morgan fingerprint density at radius 3 is 2.39 bits per heavy atom. The van der Waals surface area contributed by atoms with Crippen molar-refractivity contribution >= 4 is 23.6 Å². The highest BCUT2D eigenvalue weighted by molar-refractivity contribution is 5.95. The maximum atomic E-state index is 13.9. The van der Waals surface area contributed by atoms with E-state index in [0.717, 1.165) is 75.1 Å². The predicted octanol–water partition coefficient (Wildman–Crippen LogP) is 6.08. The second-order valence-electron chi connectivity index (χ2n) is 12.3. The molecule has 1 aromatic carbocycles. The first-order chi connectivity index (χ1) is 18.3. The molecule has 6 rings (SSSR count). The van der Waals surface area contributed by atoms with Gasteiger partial charge in [0.1, 0.15) is 0 Å². The molecule has 1 aromatic heterocycles. The van der Waals surface area contributed by atoms with Crippen LogP contribution in [0.1, 0.15) is 94.3 Å². The summed E-state index contributed by atoms with van der Waals surface area (Å²) in [6, 6.07) is 8.11. The zero-order chi connectivity index (χ0) is 26.8. The molecule has 1 heterocycles. The second kappa shape index (κ2) is 11.0. The summed E-state index contributed by atoms with van der Waals surface area (Å²) in [5.41, 5.74) is 1.99. The first kappa shape index (κ1) is 26.6. The Kier molecular flexibility index (Phi) is 7.73. The van der Waals surface area contributed by atoms with Crippen LogP contribution in [0.3, 0.4) is 0 Å². The number of fused-ring (bicyclic) bond motifs is 3. The standard InChI is InChI=1S/C31H42N4O3/c1-23-32-29(38-33-23)31-17-14-30(15-18-31,16-19-31)22-35(28(37)21-24-8-5-4-6-9-24)26-11-7-10-25(20-26)12-13-27(36)34(2)3/h7,10-13,20,24H,4-6,8-9,14-19,21-22H2,1-3H3/b13-12+. The molecule has 0 aliphatic heterocycles. The molecule has 4 saturated carbocycles. The zero-order valence-corrected chi connectivity index (χ0v) is 23.2. The molecule has 0 N–H and O–H groups in total. The quantitative estimate of drug-likeness (QED) is 0.396. The van der Waals surface area contributed by atoms with E-state index in [0.29, 0.717) is 18.2 Å². The summed E-state index contributed by atoms with van der Waals surface area (Å²) < 4.78 is 5.64. The fraction of sp³-hybridized carbons (Fsp3) is 0.613. The normalized spacial score (nSPS) is 25.6. The third-order valence-corrected chi connectivity index (χ3v) is 9.41. The van der Waals surface area contributed by atoms with Crippen molar-refractivity contribution in [2.75, 3.05) is 25.5 Å². The average Bonchev–Trinajstić information content (AvgIpc) is 3.39. The van der Waals surface area contributed by atoms with Crippen LogP contribution in [0.2, 0.25) is 0 Å². The number of carbonyl (C=O) groups is 2. The van der Waals surface area contributed by atoms with Crippen molar-refractivity contribution in [1.29, 1.82) is 0 Å². The lowest BCUT2D eigenvalue weighted by molar-refractivity contribution is -0.123. The fourth-order valence-electron chi connectivity index (χ4n) is 6.85. The number of rotatable bonds is 8. The molecule has 204 valence electrons. The summed E-state index contributed by atoms with van der Waals surface area (Å²) in [4.78, 5) is 34.3. The summed E-state index contributed by atoms with van der Waals surface area (Å²) in [5, 5.41) is 4.06. The molecule has 7 heteroatoms. The molecule has 4 aliphatic rings. The lowest BCUT2D eigenvalue weighted by Gasteiger charge is -2.53. The Bertz CT molecular complexity index is 1150. The van der Waals surface area contributed by atoms with Crippen molar-refractivity contribution in [3.63, 3.8) is 0 Å². The fourth-order valence-corrected chi connectivity index (χ4v) is 6.85. The van der Waals surface area contributed by atoms with Gasteiger partial charge in [-0.1, -0.05) is 36.6 Å². The van der Waals surface area contributed by atoms with Gasteiger partial charge >= 0.3 is 0 Å². The van der Waals surface area contributed by atoms with Crippen LogP contribution in [-0.2, 0) is 15.0 Å². The van der Waals surface area contributed by atoms with Gasteiger partial charge in [-0.05, 0) is 93.4 Å². The molecule has 0 saturated heterocycles. The second-order valence-corrected chi connectivity index (χ2v) is 12.3. The Morgan fingerprint density at radius 1 is 1.05 bits per heavy atom. The number of likely N-dealkylation sites (N-methyl/N-ethyl adjacent to an activating group) is 1. The highest BCUT2D eigenvalue weighted by Crippen LogP contribution is 2.58. The number of amides is 2. The molecule has 0 unspecified atom stereocenters. The van der Waals surface area contributed by atoms with Crippen molar-refractivity contribution in [2.45, 2.75) is 89.4 Å². The summed E-state index contributed by atoms with van der Waals surface area (Å²) in [7, 11) is 3.49. The van der Waals surface area contributed by atoms with E-state index in [1.165, 1.54) is 19.3 Å². The van der Waals surface area contributed by atoms with Gasteiger partial charge in [0, 0.05) is 44.2 Å². The Hall–Kier alpha value is -2.96. The van der Waals surface area contributed by atoms with Crippen molar-refractivity contribution in [3.05, 3.63) is 47.6 Å². The number of nitrogens with zero attached hydrogens (tertiary/aromatic N) is 4. The van der Waals surface area contributed by atoms with E-state index in [1.54, 1.807) is 25.1 Å². The van der Waals surface area contributed by atoms with E-state index in [1.807, 2.05) is 25.1 Å². The topological polar surface area (TPSA) is 79.5 Å². The average molecular weight is 519 g/mol. The monoisotopic (exact) mass is 518 g/mol. The van der Waals surface area contributed by atoms with Gasteiger partial charge in [-0.3, -0.25) is 9.59 Å². The zero-order valence-electron chi connectivity index (χ0n) is 23.2. The number of aryl methyl sites for hydroxylation is 1. The molecule has 4 fully saturated rings. The van der Waals surface area contributed by atoms with Crippen LogP contribution in [0.5, 0.6) is 0 Å². The number of carbonyl (C=O) groups excluding carboxylic acids is 2. The van der Waals surface area contributed by atoms with Crippen LogP contribution in [0, 0.1) is 18.3 Å². The van der Waals surface area contributed by atoms with E-state index in [2.05, 4.69) is 27.2 Å². The van der Waals surface area contributed by atoms with Crippen LogP contribution in [0.25, 0.3) is 6.08 Å². The minimum atomic E-state index is -0.0520. The van der Waals surface area contributed by atoms with Gasteiger partial charge in [0.25, 0.3) is 0 Å². The Balaban J connectivity index is 1.37. The summed E-state index contributed by atoms with van der Waals surface area (Å²) in [6.07, 6.45) is 16.5. The van der Waals surface area contributed by atoms with Gasteiger partial charge in [0.05, 0.1) is 0 Å². The van der Waals surface area contributed by atoms with E-state index in [4.69, 9.17) is 4.52 Å². The lowest BCUT2D eigenvalue weighted by atomic mass is 9.53. The van der Waals surface area contributed by atoms with E-state index < -0.39 is 0 Å². The van der Waals surface area contributed by atoms with Gasteiger partial charge in [-0.15, -0.1) is 0 Å². The van der Waals surface area contributed by atoms with Crippen LogP contribution >= 0.6 is 0 Å². The predicted molar refractivity (Wildman–Crippen MR) is 149 cm³/mol. The van der Waals surface area contributed by atoms with E-state index in [-0.39, 0.29) is 22.6 Å². The number of anilines is 1. The molecule has 7 nitrogen and oxygen atoms in total. The van der Waals surface area contributed by atoms with Gasteiger partial charge < -0.3 is 14.3 Å². The number of hydrogen-bond donors (Lipinski definition) is 0. The van der Waals surface area contributed by atoms with Gasteiger partial charge in [-0.2, -0.15) is 4.98 Å². The molecule has 2 bridgehead atoms.